The maximum absolute atomic E-state index is 4.04. The van der Waals surface area contributed by atoms with Crippen LogP contribution < -0.4 is 5.19 Å². The van der Waals surface area contributed by atoms with Crippen LogP contribution >= 0.6 is 0 Å². The predicted molar refractivity (Wildman–Crippen MR) is 81.3 cm³/mol. The van der Waals surface area contributed by atoms with Gasteiger partial charge in [-0.1, -0.05) is 57.2 Å². The van der Waals surface area contributed by atoms with Crippen molar-refractivity contribution in [1.29, 1.82) is 0 Å². The number of rotatable bonds is 6. The molecule has 0 heterocycles. The third kappa shape index (κ3) is 3.55. The first kappa shape index (κ1) is 14.2. The van der Waals surface area contributed by atoms with Crippen LogP contribution in [0.2, 0.25) is 6.04 Å². The quantitative estimate of drug-likeness (QED) is 0.699. The predicted octanol–water partition coefficient (Wildman–Crippen LogP) is 3.01. The second kappa shape index (κ2) is 6.77. The molecule has 0 saturated heterocycles. The Morgan fingerprint density at radius 1 is 1.24 bits per heavy atom. The number of hydrogen-bond donors (Lipinski definition) is 0. The minimum atomic E-state index is -0.963. The number of hydrogen-bond acceptors (Lipinski definition) is 1. The molecule has 17 heavy (non-hydrogen) atoms. The van der Waals surface area contributed by atoms with Crippen molar-refractivity contribution in [3.05, 3.63) is 36.4 Å². The standard InChI is InChI=1S/C15H25NSi/c1-6-16(7-2)17(8-3)15-11-9-10-14(12-15)13(4)5/h9-12,17H,4,6-8H2,1-3,5H3. The van der Waals surface area contributed by atoms with Crippen molar-refractivity contribution < 1.29 is 0 Å². The molecule has 0 aromatic heterocycles. The van der Waals surface area contributed by atoms with Crippen LogP contribution in [-0.4, -0.2) is 26.6 Å². The molecule has 0 aliphatic rings. The fourth-order valence-electron chi connectivity index (χ4n) is 2.38. The normalized spacial score (nSPS) is 12.8. The van der Waals surface area contributed by atoms with Crippen molar-refractivity contribution in [1.82, 2.24) is 4.57 Å². The molecule has 1 aromatic rings. The highest BCUT2D eigenvalue weighted by molar-refractivity contribution is 6.70. The van der Waals surface area contributed by atoms with Gasteiger partial charge in [0, 0.05) is 0 Å². The van der Waals surface area contributed by atoms with E-state index in [2.05, 4.69) is 63.1 Å². The lowest BCUT2D eigenvalue weighted by atomic mass is 10.1. The zero-order chi connectivity index (χ0) is 12.8. The molecule has 0 N–H and O–H groups in total. The van der Waals surface area contributed by atoms with Gasteiger partial charge >= 0.3 is 0 Å². The molecular formula is C15H25NSi. The second-order valence-corrected chi connectivity index (χ2v) is 7.80. The number of benzene rings is 1. The first-order chi connectivity index (χ1) is 8.13. The van der Waals surface area contributed by atoms with Gasteiger partial charge in [-0.2, -0.15) is 0 Å². The van der Waals surface area contributed by atoms with Crippen molar-refractivity contribution in [3.63, 3.8) is 0 Å². The van der Waals surface area contributed by atoms with Gasteiger partial charge in [0.1, 0.15) is 8.96 Å². The van der Waals surface area contributed by atoms with Gasteiger partial charge in [-0.3, -0.25) is 0 Å². The van der Waals surface area contributed by atoms with Crippen molar-refractivity contribution in [2.45, 2.75) is 33.7 Å². The van der Waals surface area contributed by atoms with E-state index in [0.29, 0.717) is 0 Å². The number of nitrogens with zero attached hydrogens (tertiary/aromatic N) is 1. The van der Waals surface area contributed by atoms with E-state index in [1.165, 1.54) is 24.7 Å². The van der Waals surface area contributed by atoms with E-state index in [-0.39, 0.29) is 0 Å². The van der Waals surface area contributed by atoms with Gasteiger partial charge in [0.05, 0.1) is 0 Å². The summed E-state index contributed by atoms with van der Waals surface area (Å²) >= 11 is 0. The van der Waals surface area contributed by atoms with Crippen molar-refractivity contribution in [2.75, 3.05) is 13.1 Å². The summed E-state index contributed by atoms with van der Waals surface area (Å²) in [6.07, 6.45) is 0. The Bertz CT molecular complexity index is 369. The molecule has 2 heteroatoms. The largest absolute Gasteiger partial charge is 0.323 e. The number of allylic oxidation sites excluding steroid dienone is 1. The average Bonchev–Trinajstić information content (AvgIpc) is 2.35. The molecule has 94 valence electrons. The highest BCUT2D eigenvalue weighted by Gasteiger charge is 2.18. The molecule has 1 atom stereocenters. The van der Waals surface area contributed by atoms with Gasteiger partial charge in [0.25, 0.3) is 0 Å². The lowest BCUT2D eigenvalue weighted by Gasteiger charge is -2.28. The molecule has 0 spiro atoms. The average molecular weight is 247 g/mol. The lowest BCUT2D eigenvalue weighted by molar-refractivity contribution is 0.484. The third-order valence-corrected chi connectivity index (χ3v) is 6.92. The molecule has 0 fully saturated rings. The summed E-state index contributed by atoms with van der Waals surface area (Å²) in [5.41, 5.74) is 2.45. The molecular weight excluding hydrogens is 222 g/mol. The molecule has 0 aliphatic carbocycles. The van der Waals surface area contributed by atoms with Gasteiger partial charge < -0.3 is 4.57 Å². The van der Waals surface area contributed by atoms with E-state index >= 15 is 0 Å². The highest BCUT2D eigenvalue weighted by atomic mass is 28.3. The molecule has 0 saturated carbocycles. The van der Waals surface area contributed by atoms with Crippen LogP contribution in [0.5, 0.6) is 0 Å². The zero-order valence-electron chi connectivity index (χ0n) is 11.7. The fraction of sp³-hybridized carbons (Fsp3) is 0.467. The maximum Gasteiger partial charge on any atom is 0.143 e. The van der Waals surface area contributed by atoms with Crippen molar-refractivity contribution in [3.8, 4) is 0 Å². The zero-order valence-corrected chi connectivity index (χ0v) is 12.8. The lowest BCUT2D eigenvalue weighted by Crippen LogP contribution is -2.47. The molecule has 0 bridgehead atoms. The van der Waals surface area contributed by atoms with Gasteiger partial charge in [0.2, 0.25) is 0 Å². The molecule has 1 nitrogen and oxygen atoms in total. The Morgan fingerprint density at radius 2 is 1.88 bits per heavy atom. The van der Waals surface area contributed by atoms with E-state index in [9.17, 15) is 0 Å². The minimum absolute atomic E-state index is 0.963. The van der Waals surface area contributed by atoms with Crippen LogP contribution in [0.1, 0.15) is 33.3 Å². The van der Waals surface area contributed by atoms with Crippen LogP contribution in [-0.2, 0) is 0 Å². The minimum Gasteiger partial charge on any atom is -0.323 e. The van der Waals surface area contributed by atoms with E-state index < -0.39 is 8.96 Å². The third-order valence-electron chi connectivity index (χ3n) is 3.40. The summed E-state index contributed by atoms with van der Waals surface area (Å²) in [5.74, 6) is 0. The van der Waals surface area contributed by atoms with E-state index in [1.807, 2.05) is 0 Å². The molecule has 0 aliphatic heterocycles. The summed E-state index contributed by atoms with van der Waals surface area (Å²) in [6, 6.07) is 10.3. The monoisotopic (exact) mass is 247 g/mol. The summed E-state index contributed by atoms with van der Waals surface area (Å²) in [4.78, 5) is 0. The van der Waals surface area contributed by atoms with Gasteiger partial charge in [-0.15, -0.1) is 0 Å². The first-order valence-corrected chi connectivity index (χ1v) is 8.54. The van der Waals surface area contributed by atoms with Crippen LogP contribution in [0.25, 0.3) is 5.57 Å². The van der Waals surface area contributed by atoms with Crippen LogP contribution in [0.3, 0.4) is 0 Å². The Balaban J connectivity index is 3.03. The second-order valence-electron chi connectivity index (χ2n) is 4.55. The first-order valence-electron chi connectivity index (χ1n) is 6.63. The van der Waals surface area contributed by atoms with E-state index in [1.54, 1.807) is 5.19 Å². The molecule has 0 amide bonds. The van der Waals surface area contributed by atoms with Crippen molar-refractivity contribution >= 4 is 19.7 Å². The summed E-state index contributed by atoms with van der Waals surface area (Å²) < 4.78 is 2.65. The topological polar surface area (TPSA) is 3.24 Å². The van der Waals surface area contributed by atoms with Crippen molar-refractivity contribution in [2.24, 2.45) is 0 Å². The molecule has 0 radical (unpaired) electrons. The van der Waals surface area contributed by atoms with Gasteiger partial charge in [-0.25, -0.2) is 0 Å². The molecule has 1 rings (SSSR count). The summed E-state index contributed by atoms with van der Waals surface area (Å²) in [7, 11) is -0.963. The fourth-order valence-corrected chi connectivity index (χ4v) is 5.38. The molecule has 1 aromatic carbocycles. The summed E-state index contributed by atoms with van der Waals surface area (Å²) in [5, 5.41) is 1.55. The van der Waals surface area contributed by atoms with Crippen LogP contribution in [0.15, 0.2) is 30.8 Å². The highest BCUT2D eigenvalue weighted by Crippen LogP contribution is 2.11. The van der Waals surface area contributed by atoms with Crippen LogP contribution in [0.4, 0.5) is 0 Å². The van der Waals surface area contributed by atoms with Gasteiger partial charge in [-0.05, 0) is 36.8 Å². The Kier molecular flexibility index (Phi) is 5.66. The smallest absolute Gasteiger partial charge is 0.143 e. The van der Waals surface area contributed by atoms with E-state index in [4.69, 9.17) is 0 Å². The van der Waals surface area contributed by atoms with E-state index in [0.717, 1.165) is 5.57 Å². The Labute approximate surface area is 108 Å². The van der Waals surface area contributed by atoms with Crippen LogP contribution in [0, 0.1) is 0 Å². The Hall–Kier alpha value is -0.863. The van der Waals surface area contributed by atoms with Gasteiger partial charge in [0.15, 0.2) is 0 Å². The summed E-state index contributed by atoms with van der Waals surface area (Å²) in [6.45, 7) is 15.3. The SMILES string of the molecule is C=C(C)c1cccc([SiH](CC)N(CC)CC)c1. The Morgan fingerprint density at radius 3 is 2.35 bits per heavy atom. The molecule has 1 unspecified atom stereocenters. The maximum atomic E-state index is 4.04.